The molecule has 1 fully saturated rings. The number of hydrogen-bond donors (Lipinski definition) is 1. The Kier molecular flexibility index (Phi) is 11.1. The van der Waals surface area contributed by atoms with Gasteiger partial charge in [0.05, 0.1) is 13.2 Å². The lowest BCUT2D eigenvalue weighted by Gasteiger charge is -2.25. The molecule has 1 aliphatic heterocycles. The molecule has 0 radical (unpaired) electrons. The van der Waals surface area contributed by atoms with Gasteiger partial charge in [0.25, 0.3) is 0 Å². The Labute approximate surface area is 174 Å². The fourth-order valence-electron chi connectivity index (χ4n) is 3.25. The molecule has 0 aliphatic carbocycles. The Bertz CT molecular complexity index is 558. The lowest BCUT2D eigenvalue weighted by Crippen LogP contribution is -2.40. The van der Waals surface area contributed by atoms with E-state index in [1.807, 2.05) is 18.0 Å². The second kappa shape index (κ2) is 12.5. The van der Waals surface area contributed by atoms with Gasteiger partial charge in [0.15, 0.2) is 5.96 Å². The number of nitrogens with one attached hydrogen (secondary N) is 1. The normalized spacial score (nSPS) is 17.8. The van der Waals surface area contributed by atoms with Crippen LogP contribution in [0.25, 0.3) is 0 Å². The average molecular weight is 478 g/mol. The third kappa shape index (κ3) is 7.36. The van der Waals surface area contributed by atoms with Crippen molar-refractivity contribution in [3.63, 3.8) is 0 Å². The third-order valence-electron chi connectivity index (χ3n) is 4.54. The van der Waals surface area contributed by atoms with Crippen molar-refractivity contribution in [1.82, 2.24) is 15.1 Å². The molecule has 1 aromatic rings. The molecular formula is C19H32FIN4O. The van der Waals surface area contributed by atoms with E-state index in [9.17, 15) is 4.39 Å². The van der Waals surface area contributed by atoms with Gasteiger partial charge >= 0.3 is 0 Å². The lowest BCUT2D eigenvalue weighted by molar-refractivity contribution is 0.142. The molecule has 26 heavy (non-hydrogen) atoms. The molecule has 1 unspecified atom stereocenters. The molecule has 0 bridgehead atoms. The number of hydrogen-bond acceptors (Lipinski definition) is 3. The minimum atomic E-state index is -0.201. The van der Waals surface area contributed by atoms with Crippen LogP contribution in [-0.4, -0.2) is 68.7 Å². The number of likely N-dealkylation sites (tertiary alicyclic amines) is 1. The second-order valence-corrected chi connectivity index (χ2v) is 6.51. The van der Waals surface area contributed by atoms with Crippen molar-refractivity contribution in [1.29, 1.82) is 0 Å². The summed E-state index contributed by atoms with van der Waals surface area (Å²) < 4.78 is 18.6. The molecule has 0 spiro atoms. The highest BCUT2D eigenvalue weighted by Crippen LogP contribution is 2.17. The molecule has 7 heteroatoms. The predicted molar refractivity (Wildman–Crippen MR) is 116 cm³/mol. The van der Waals surface area contributed by atoms with Gasteiger partial charge in [-0.15, -0.1) is 24.0 Å². The topological polar surface area (TPSA) is 40.1 Å². The molecule has 5 nitrogen and oxygen atoms in total. The quantitative estimate of drug-likeness (QED) is 0.355. The van der Waals surface area contributed by atoms with Gasteiger partial charge in [0.1, 0.15) is 5.82 Å². The van der Waals surface area contributed by atoms with Crippen molar-refractivity contribution in [2.45, 2.75) is 32.4 Å². The first-order valence-corrected chi connectivity index (χ1v) is 9.11. The van der Waals surface area contributed by atoms with Crippen LogP contribution in [0.5, 0.6) is 0 Å². The van der Waals surface area contributed by atoms with Crippen LogP contribution in [0.15, 0.2) is 29.3 Å². The Morgan fingerprint density at radius 3 is 2.96 bits per heavy atom. The molecule has 1 atom stereocenters. The number of benzene rings is 1. The van der Waals surface area contributed by atoms with Gasteiger partial charge in [-0.2, -0.15) is 0 Å². The molecule has 1 aliphatic rings. The summed E-state index contributed by atoms with van der Waals surface area (Å²) >= 11 is 0. The summed E-state index contributed by atoms with van der Waals surface area (Å²) in [6.45, 7) is 7.13. The largest absolute Gasteiger partial charge is 0.383 e. The zero-order valence-electron chi connectivity index (χ0n) is 16.1. The maximum absolute atomic E-state index is 13.4. The van der Waals surface area contributed by atoms with Crippen LogP contribution in [-0.2, 0) is 11.3 Å². The molecule has 1 heterocycles. The SMILES string of the molecule is CCNC(=NCC1CCCN1CCOC)N(C)Cc1cccc(F)c1.I. The number of ether oxygens (including phenoxy) is 1. The summed E-state index contributed by atoms with van der Waals surface area (Å²) in [5.41, 5.74) is 0.940. The van der Waals surface area contributed by atoms with Crippen LogP contribution >= 0.6 is 24.0 Å². The number of nitrogens with zero attached hydrogens (tertiary/aromatic N) is 3. The molecule has 2 rings (SSSR count). The zero-order valence-corrected chi connectivity index (χ0v) is 18.4. The standard InChI is InChI=1S/C19H31FN4O.HI/c1-4-21-19(23(2)15-16-7-5-8-17(20)13-16)22-14-18-9-6-10-24(18)11-12-25-3;/h5,7-8,13,18H,4,6,9-12,14-15H2,1-3H3,(H,21,22);1H. The first-order valence-electron chi connectivity index (χ1n) is 9.11. The smallest absolute Gasteiger partial charge is 0.194 e. The van der Waals surface area contributed by atoms with Crippen molar-refractivity contribution in [2.24, 2.45) is 4.99 Å². The average Bonchev–Trinajstić information content (AvgIpc) is 3.04. The summed E-state index contributed by atoms with van der Waals surface area (Å²) in [6, 6.07) is 7.20. The zero-order chi connectivity index (χ0) is 18.1. The number of aliphatic imine (C=N–C) groups is 1. The number of rotatable bonds is 8. The summed E-state index contributed by atoms with van der Waals surface area (Å²) in [6.07, 6.45) is 2.40. The highest BCUT2D eigenvalue weighted by atomic mass is 127. The predicted octanol–water partition coefficient (Wildman–Crippen LogP) is 2.95. The molecule has 1 aromatic carbocycles. The van der Waals surface area contributed by atoms with Gasteiger partial charge in [-0.05, 0) is 44.0 Å². The summed E-state index contributed by atoms with van der Waals surface area (Å²) in [5.74, 6) is 0.665. The third-order valence-corrected chi connectivity index (χ3v) is 4.54. The van der Waals surface area contributed by atoms with E-state index in [4.69, 9.17) is 9.73 Å². The Morgan fingerprint density at radius 1 is 1.46 bits per heavy atom. The second-order valence-electron chi connectivity index (χ2n) is 6.51. The minimum Gasteiger partial charge on any atom is -0.383 e. The van der Waals surface area contributed by atoms with Gasteiger partial charge in [0, 0.05) is 39.8 Å². The summed E-state index contributed by atoms with van der Waals surface area (Å²) in [5, 5.41) is 3.34. The molecule has 0 saturated carbocycles. The van der Waals surface area contributed by atoms with E-state index in [2.05, 4.69) is 17.1 Å². The van der Waals surface area contributed by atoms with Crippen LogP contribution in [0.3, 0.4) is 0 Å². The Hall–Kier alpha value is -0.930. The van der Waals surface area contributed by atoms with Crippen LogP contribution in [0.1, 0.15) is 25.3 Å². The fraction of sp³-hybridized carbons (Fsp3) is 0.632. The van der Waals surface area contributed by atoms with Crippen LogP contribution < -0.4 is 5.32 Å². The lowest BCUT2D eigenvalue weighted by atomic mass is 10.2. The van der Waals surface area contributed by atoms with Gasteiger partial charge < -0.3 is 15.0 Å². The van der Waals surface area contributed by atoms with Gasteiger partial charge in [-0.3, -0.25) is 9.89 Å². The maximum atomic E-state index is 13.4. The van der Waals surface area contributed by atoms with Crippen LogP contribution in [0.4, 0.5) is 4.39 Å². The molecule has 1 N–H and O–H groups in total. The highest BCUT2D eigenvalue weighted by Gasteiger charge is 2.24. The minimum absolute atomic E-state index is 0. The number of methoxy groups -OCH3 is 1. The van der Waals surface area contributed by atoms with Crippen molar-refractivity contribution < 1.29 is 9.13 Å². The highest BCUT2D eigenvalue weighted by molar-refractivity contribution is 14.0. The van der Waals surface area contributed by atoms with Gasteiger partial charge in [-0.1, -0.05) is 12.1 Å². The van der Waals surface area contributed by atoms with Crippen molar-refractivity contribution in [2.75, 3.05) is 46.9 Å². The van der Waals surface area contributed by atoms with Crippen molar-refractivity contribution in [3.8, 4) is 0 Å². The van der Waals surface area contributed by atoms with Crippen molar-refractivity contribution in [3.05, 3.63) is 35.6 Å². The van der Waals surface area contributed by atoms with Gasteiger partial charge in [-0.25, -0.2) is 4.39 Å². The van der Waals surface area contributed by atoms with E-state index in [0.29, 0.717) is 12.6 Å². The van der Waals surface area contributed by atoms with Crippen molar-refractivity contribution >= 4 is 29.9 Å². The first-order chi connectivity index (χ1) is 12.1. The number of halogens is 2. The van der Waals surface area contributed by atoms with E-state index in [1.54, 1.807) is 19.2 Å². The van der Waals surface area contributed by atoms with E-state index < -0.39 is 0 Å². The Morgan fingerprint density at radius 2 is 2.27 bits per heavy atom. The summed E-state index contributed by atoms with van der Waals surface area (Å²) in [4.78, 5) is 9.34. The van der Waals surface area contributed by atoms with E-state index in [-0.39, 0.29) is 29.8 Å². The summed E-state index contributed by atoms with van der Waals surface area (Å²) in [7, 11) is 3.73. The fourth-order valence-corrected chi connectivity index (χ4v) is 3.25. The van der Waals surface area contributed by atoms with E-state index >= 15 is 0 Å². The monoisotopic (exact) mass is 478 g/mol. The van der Waals surface area contributed by atoms with E-state index in [1.165, 1.54) is 18.9 Å². The van der Waals surface area contributed by atoms with Crippen LogP contribution in [0, 0.1) is 5.82 Å². The van der Waals surface area contributed by atoms with Crippen LogP contribution in [0.2, 0.25) is 0 Å². The Balaban J connectivity index is 0.00000338. The van der Waals surface area contributed by atoms with E-state index in [0.717, 1.165) is 44.3 Å². The maximum Gasteiger partial charge on any atom is 0.194 e. The molecule has 1 saturated heterocycles. The molecule has 0 amide bonds. The first kappa shape index (κ1) is 23.1. The molecular weight excluding hydrogens is 446 g/mol. The van der Waals surface area contributed by atoms with Gasteiger partial charge in [0.2, 0.25) is 0 Å². The molecule has 0 aromatic heterocycles. The molecule has 148 valence electrons. The number of guanidine groups is 1.